The van der Waals surface area contributed by atoms with Crippen LogP contribution in [0.3, 0.4) is 0 Å². The molecule has 0 aliphatic carbocycles. The van der Waals surface area contributed by atoms with Gasteiger partial charge in [0.05, 0.1) is 7.11 Å². The summed E-state index contributed by atoms with van der Waals surface area (Å²) in [5, 5.41) is 7.31. The summed E-state index contributed by atoms with van der Waals surface area (Å²) in [6.45, 7) is 2.66. The predicted octanol–water partition coefficient (Wildman–Crippen LogP) is 0.104. The summed E-state index contributed by atoms with van der Waals surface area (Å²) in [6.07, 6.45) is 2.77. The number of ether oxygens (including phenoxy) is 1. The van der Waals surface area contributed by atoms with Crippen molar-refractivity contribution >= 4 is 17.7 Å². The van der Waals surface area contributed by atoms with Crippen molar-refractivity contribution in [3.63, 3.8) is 0 Å². The second-order valence-corrected chi connectivity index (χ2v) is 7.73. The summed E-state index contributed by atoms with van der Waals surface area (Å²) < 4.78 is 18.7. The minimum atomic E-state index is -0.606. The van der Waals surface area contributed by atoms with Crippen molar-refractivity contribution in [3.8, 4) is 5.75 Å². The number of carbonyl (C=O) groups excluding carboxylic acids is 3. The fraction of sp³-hybridized carbons (Fsp3) is 0.450. The number of nitrogens with one attached hydrogen (secondary N) is 3. The van der Waals surface area contributed by atoms with Crippen LogP contribution in [0.1, 0.15) is 30.1 Å². The number of hydrogen-bond acceptors (Lipinski definition) is 6. The van der Waals surface area contributed by atoms with Crippen molar-refractivity contribution in [1.29, 1.82) is 0 Å². The van der Waals surface area contributed by atoms with Gasteiger partial charge in [-0.3, -0.25) is 14.4 Å². The van der Waals surface area contributed by atoms with Gasteiger partial charge in [-0.1, -0.05) is 0 Å². The molecule has 3 N–H and O–H groups in total. The van der Waals surface area contributed by atoms with Crippen molar-refractivity contribution in [2.24, 2.45) is 0 Å². The molecule has 9 nitrogen and oxygen atoms in total. The lowest BCUT2D eigenvalue weighted by Gasteiger charge is -2.27. The highest BCUT2D eigenvalue weighted by molar-refractivity contribution is 5.94. The molecule has 160 valence electrons. The standard InChI is InChI=1S/C20H24FN5O4/c1-11-9-26-16(19(28)22-11)8-15(24-26)20(29)25-6-5-13(10-25)23-18(27)12-3-4-17(30-2)14(21)7-12/h3-4,7,9,13,15-16,24H,5-6,8,10H2,1-2H3,(H,22,28)(H,23,27). The molecule has 0 spiro atoms. The van der Waals surface area contributed by atoms with E-state index < -0.39 is 23.8 Å². The van der Waals surface area contributed by atoms with E-state index in [0.717, 1.165) is 11.8 Å². The van der Waals surface area contributed by atoms with Crippen LogP contribution in [0.5, 0.6) is 5.75 Å². The highest BCUT2D eigenvalue weighted by Gasteiger charge is 2.43. The summed E-state index contributed by atoms with van der Waals surface area (Å²) in [6, 6.07) is 2.90. The summed E-state index contributed by atoms with van der Waals surface area (Å²) in [5.41, 5.74) is 4.01. The number of benzene rings is 1. The van der Waals surface area contributed by atoms with Gasteiger partial charge < -0.3 is 25.3 Å². The molecule has 1 aromatic carbocycles. The normalized spacial score (nSPS) is 25.5. The summed E-state index contributed by atoms with van der Waals surface area (Å²) in [7, 11) is 1.36. The lowest BCUT2D eigenvalue weighted by Crippen LogP contribution is -2.49. The number of nitrogens with zero attached hydrogens (tertiary/aromatic N) is 2. The molecule has 3 heterocycles. The molecule has 0 radical (unpaired) electrons. The maximum Gasteiger partial charge on any atom is 0.251 e. The van der Waals surface area contributed by atoms with E-state index in [1.165, 1.54) is 19.2 Å². The maximum atomic E-state index is 13.8. The number of halogens is 1. The molecule has 4 rings (SSSR count). The Bertz CT molecular complexity index is 920. The third-order valence-corrected chi connectivity index (χ3v) is 5.60. The Labute approximate surface area is 173 Å². The van der Waals surface area contributed by atoms with Gasteiger partial charge in [0.25, 0.3) is 5.91 Å². The first-order valence-electron chi connectivity index (χ1n) is 9.82. The first-order chi connectivity index (χ1) is 14.4. The molecular formula is C20H24FN5O4. The number of amides is 3. The molecule has 2 fully saturated rings. The zero-order chi connectivity index (χ0) is 21.4. The van der Waals surface area contributed by atoms with Gasteiger partial charge in [0.2, 0.25) is 11.8 Å². The molecule has 0 saturated carbocycles. The first kappa shape index (κ1) is 20.1. The highest BCUT2D eigenvalue weighted by Crippen LogP contribution is 2.23. The molecule has 3 amide bonds. The number of fused-ring (bicyclic) bond motifs is 1. The van der Waals surface area contributed by atoms with Crippen LogP contribution in [0.2, 0.25) is 0 Å². The molecule has 2 saturated heterocycles. The van der Waals surface area contributed by atoms with Gasteiger partial charge in [-0.25, -0.2) is 9.82 Å². The van der Waals surface area contributed by atoms with Crippen molar-refractivity contribution in [3.05, 3.63) is 41.5 Å². The molecular weight excluding hydrogens is 393 g/mol. The zero-order valence-electron chi connectivity index (χ0n) is 16.8. The molecule has 0 bridgehead atoms. The largest absolute Gasteiger partial charge is 0.494 e. The molecule has 0 aromatic heterocycles. The van der Waals surface area contributed by atoms with E-state index >= 15 is 0 Å². The van der Waals surface area contributed by atoms with Gasteiger partial charge in [0, 0.05) is 43.0 Å². The van der Waals surface area contributed by atoms with Crippen LogP contribution in [-0.4, -0.2) is 66.0 Å². The Kier molecular flexibility index (Phi) is 5.33. The lowest BCUT2D eigenvalue weighted by molar-refractivity contribution is -0.132. The van der Waals surface area contributed by atoms with E-state index in [0.29, 0.717) is 25.9 Å². The third kappa shape index (κ3) is 3.82. The Hall–Kier alpha value is -3.14. The topological polar surface area (TPSA) is 103 Å². The van der Waals surface area contributed by atoms with Crippen LogP contribution >= 0.6 is 0 Å². The Morgan fingerprint density at radius 3 is 2.87 bits per heavy atom. The molecule has 3 unspecified atom stereocenters. The number of allylic oxidation sites excluding steroid dienone is 1. The average Bonchev–Trinajstić information content (AvgIpc) is 3.34. The second-order valence-electron chi connectivity index (χ2n) is 7.73. The summed E-state index contributed by atoms with van der Waals surface area (Å²) in [5.74, 6) is -1.16. The van der Waals surface area contributed by atoms with E-state index in [1.54, 1.807) is 23.0 Å². The molecule has 30 heavy (non-hydrogen) atoms. The van der Waals surface area contributed by atoms with Crippen LogP contribution in [0.15, 0.2) is 30.1 Å². The molecule has 3 aliphatic rings. The number of likely N-dealkylation sites (tertiary alicyclic amines) is 1. The Balaban J connectivity index is 1.33. The van der Waals surface area contributed by atoms with Gasteiger partial charge in [0.15, 0.2) is 11.6 Å². The SMILES string of the molecule is COc1ccc(C(=O)NC2CCN(C(=O)C3CC4C(=O)NC(C)=CN4N3)C2)cc1F. The number of hydrogen-bond donors (Lipinski definition) is 3. The zero-order valence-corrected chi connectivity index (χ0v) is 16.8. The van der Waals surface area contributed by atoms with E-state index in [-0.39, 0.29) is 29.2 Å². The predicted molar refractivity (Wildman–Crippen MR) is 104 cm³/mol. The lowest BCUT2D eigenvalue weighted by atomic mass is 10.1. The van der Waals surface area contributed by atoms with Crippen LogP contribution in [-0.2, 0) is 9.59 Å². The first-order valence-corrected chi connectivity index (χ1v) is 9.82. The minimum Gasteiger partial charge on any atom is -0.494 e. The number of carbonyl (C=O) groups is 3. The quantitative estimate of drug-likeness (QED) is 0.642. The maximum absolute atomic E-state index is 13.8. The fourth-order valence-electron chi connectivity index (χ4n) is 4.07. The number of rotatable bonds is 4. The second kappa shape index (κ2) is 7.94. The monoisotopic (exact) mass is 417 g/mol. The smallest absolute Gasteiger partial charge is 0.251 e. The summed E-state index contributed by atoms with van der Waals surface area (Å²) >= 11 is 0. The van der Waals surface area contributed by atoms with Crippen molar-refractivity contribution in [2.75, 3.05) is 20.2 Å². The van der Waals surface area contributed by atoms with Crippen LogP contribution in [0.4, 0.5) is 4.39 Å². The van der Waals surface area contributed by atoms with Gasteiger partial charge in [0.1, 0.15) is 12.1 Å². The number of methoxy groups -OCH3 is 1. The van der Waals surface area contributed by atoms with E-state index in [4.69, 9.17) is 4.74 Å². The van der Waals surface area contributed by atoms with E-state index in [9.17, 15) is 18.8 Å². The van der Waals surface area contributed by atoms with Crippen LogP contribution in [0.25, 0.3) is 0 Å². The number of hydrazine groups is 1. The van der Waals surface area contributed by atoms with Gasteiger partial charge in [-0.15, -0.1) is 0 Å². The highest BCUT2D eigenvalue weighted by atomic mass is 19.1. The van der Waals surface area contributed by atoms with Crippen LogP contribution in [0, 0.1) is 5.82 Å². The summed E-state index contributed by atoms with van der Waals surface area (Å²) in [4.78, 5) is 39.1. The fourth-order valence-corrected chi connectivity index (χ4v) is 4.07. The molecule has 1 aromatic rings. The average molecular weight is 417 g/mol. The molecule has 3 aliphatic heterocycles. The Morgan fingerprint density at radius 1 is 1.33 bits per heavy atom. The van der Waals surface area contributed by atoms with E-state index in [1.807, 2.05) is 0 Å². The minimum absolute atomic E-state index is 0.0725. The molecule has 3 atom stereocenters. The van der Waals surface area contributed by atoms with Crippen molar-refractivity contribution in [1.82, 2.24) is 26.0 Å². The van der Waals surface area contributed by atoms with Crippen molar-refractivity contribution in [2.45, 2.75) is 37.9 Å². The van der Waals surface area contributed by atoms with Crippen molar-refractivity contribution < 1.29 is 23.5 Å². The third-order valence-electron chi connectivity index (χ3n) is 5.60. The van der Waals surface area contributed by atoms with Crippen LogP contribution < -0.4 is 20.8 Å². The molecule has 10 heteroatoms. The Morgan fingerprint density at radius 2 is 2.13 bits per heavy atom. The van der Waals surface area contributed by atoms with Gasteiger partial charge >= 0.3 is 0 Å². The van der Waals surface area contributed by atoms with Gasteiger partial charge in [-0.2, -0.15) is 0 Å². The van der Waals surface area contributed by atoms with E-state index in [2.05, 4.69) is 16.1 Å². The van der Waals surface area contributed by atoms with Gasteiger partial charge in [-0.05, 0) is 31.5 Å².